The normalized spacial score (nSPS) is 20.4. The standard InChI is InChI=1S/C11H14ClNO2S/c1-7-6-16-10(9(7)12)11(15)13-4-2-3-8(13)5-14/h6,8,14H,2-5H2,1H3. The van der Waals surface area contributed by atoms with E-state index < -0.39 is 0 Å². The van der Waals surface area contributed by atoms with Gasteiger partial charge in [-0.2, -0.15) is 0 Å². The number of carbonyl (C=O) groups excluding carboxylic acids is 1. The van der Waals surface area contributed by atoms with Crippen LogP contribution in [0.4, 0.5) is 0 Å². The Morgan fingerprint density at radius 1 is 1.75 bits per heavy atom. The minimum Gasteiger partial charge on any atom is -0.394 e. The Kier molecular flexibility index (Phi) is 3.52. The van der Waals surface area contributed by atoms with Crippen LogP contribution in [0.25, 0.3) is 0 Å². The third kappa shape index (κ3) is 1.97. The van der Waals surface area contributed by atoms with Gasteiger partial charge in [0.1, 0.15) is 4.88 Å². The Morgan fingerprint density at radius 2 is 2.50 bits per heavy atom. The van der Waals surface area contributed by atoms with Crippen molar-refractivity contribution >= 4 is 28.8 Å². The molecule has 1 atom stereocenters. The predicted octanol–water partition coefficient (Wildman–Crippen LogP) is 2.31. The third-order valence-corrected chi connectivity index (χ3v) is 4.63. The molecule has 1 saturated heterocycles. The van der Waals surface area contributed by atoms with Gasteiger partial charge in [-0.1, -0.05) is 11.6 Å². The molecule has 1 aromatic heterocycles. The molecule has 2 rings (SSSR count). The van der Waals surface area contributed by atoms with Gasteiger partial charge in [-0.3, -0.25) is 4.79 Å². The summed E-state index contributed by atoms with van der Waals surface area (Å²) in [6.07, 6.45) is 1.84. The number of amides is 1. The van der Waals surface area contributed by atoms with Gasteiger partial charge in [0, 0.05) is 6.54 Å². The second kappa shape index (κ2) is 4.73. The largest absolute Gasteiger partial charge is 0.394 e. The Labute approximate surface area is 104 Å². The number of aliphatic hydroxyl groups is 1. The topological polar surface area (TPSA) is 40.5 Å². The van der Waals surface area contributed by atoms with Crippen molar-refractivity contribution in [2.45, 2.75) is 25.8 Å². The molecule has 1 N–H and O–H groups in total. The quantitative estimate of drug-likeness (QED) is 0.886. The summed E-state index contributed by atoms with van der Waals surface area (Å²) in [5.41, 5.74) is 0.940. The smallest absolute Gasteiger partial charge is 0.265 e. The number of aryl methyl sites for hydroxylation is 1. The molecule has 1 unspecified atom stereocenters. The van der Waals surface area contributed by atoms with Crippen LogP contribution >= 0.6 is 22.9 Å². The molecule has 88 valence electrons. The fourth-order valence-electron chi connectivity index (χ4n) is 2.00. The van der Waals surface area contributed by atoms with Crippen molar-refractivity contribution in [3.8, 4) is 0 Å². The van der Waals surface area contributed by atoms with E-state index in [1.807, 2.05) is 12.3 Å². The van der Waals surface area contributed by atoms with Gasteiger partial charge in [0.2, 0.25) is 0 Å². The van der Waals surface area contributed by atoms with Crippen LogP contribution in [0.15, 0.2) is 5.38 Å². The van der Waals surface area contributed by atoms with E-state index in [9.17, 15) is 9.90 Å². The summed E-state index contributed by atoms with van der Waals surface area (Å²) in [5, 5.41) is 11.6. The van der Waals surface area contributed by atoms with E-state index in [0.29, 0.717) is 9.90 Å². The Bertz CT molecular complexity index is 405. The first-order valence-corrected chi connectivity index (χ1v) is 6.56. The number of nitrogens with zero attached hydrogens (tertiary/aromatic N) is 1. The number of likely N-dealkylation sites (tertiary alicyclic amines) is 1. The molecule has 1 aliphatic rings. The molecular weight excluding hydrogens is 246 g/mol. The van der Waals surface area contributed by atoms with Crippen LogP contribution in [0.3, 0.4) is 0 Å². The van der Waals surface area contributed by atoms with Gasteiger partial charge in [-0.15, -0.1) is 11.3 Å². The Morgan fingerprint density at radius 3 is 3.06 bits per heavy atom. The van der Waals surface area contributed by atoms with Gasteiger partial charge in [-0.05, 0) is 30.7 Å². The Balaban J connectivity index is 2.22. The Hall–Kier alpha value is -0.580. The second-order valence-electron chi connectivity index (χ2n) is 4.04. The van der Waals surface area contributed by atoms with E-state index in [-0.39, 0.29) is 18.6 Å². The second-order valence-corrected chi connectivity index (χ2v) is 5.30. The molecule has 2 heterocycles. The van der Waals surface area contributed by atoms with Crippen molar-refractivity contribution in [3.05, 3.63) is 20.8 Å². The first-order chi connectivity index (χ1) is 7.65. The molecule has 0 radical (unpaired) electrons. The van der Waals surface area contributed by atoms with Crippen LogP contribution in [-0.2, 0) is 0 Å². The maximum atomic E-state index is 12.2. The fourth-order valence-corrected chi connectivity index (χ4v) is 3.23. The number of thiophene rings is 1. The molecule has 1 fully saturated rings. The van der Waals surface area contributed by atoms with Crippen LogP contribution in [0, 0.1) is 6.92 Å². The van der Waals surface area contributed by atoms with Gasteiger partial charge < -0.3 is 10.0 Å². The van der Waals surface area contributed by atoms with Crippen LogP contribution in [0.2, 0.25) is 5.02 Å². The summed E-state index contributed by atoms with van der Waals surface area (Å²) in [7, 11) is 0. The highest BCUT2D eigenvalue weighted by Crippen LogP contribution is 2.30. The predicted molar refractivity (Wildman–Crippen MR) is 65.2 cm³/mol. The molecule has 0 saturated carbocycles. The van der Waals surface area contributed by atoms with E-state index in [2.05, 4.69) is 0 Å². The average Bonchev–Trinajstić information content (AvgIpc) is 2.86. The third-order valence-electron chi connectivity index (χ3n) is 2.94. The van der Waals surface area contributed by atoms with Gasteiger partial charge in [0.05, 0.1) is 17.7 Å². The number of aliphatic hydroxyl groups excluding tert-OH is 1. The summed E-state index contributed by atoms with van der Waals surface area (Å²) in [6.45, 7) is 2.65. The highest BCUT2D eigenvalue weighted by molar-refractivity contribution is 7.13. The number of carbonyl (C=O) groups is 1. The zero-order valence-corrected chi connectivity index (χ0v) is 10.6. The summed E-state index contributed by atoms with van der Waals surface area (Å²) in [6, 6.07) is -0.0361. The lowest BCUT2D eigenvalue weighted by Gasteiger charge is -2.22. The number of rotatable bonds is 2. The fraction of sp³-hybridized carbons (Fsp3) is 0.545. The highest BCUT2D eigenvalue weighted by Gasteiger charge is 2.30. The van der Waals surface area contributed by atoms with Crippen LogP contribution in [0.5, 0.6) is 0 Å². The molecule has 5 heteroatoms. The van der Waals surface area contributed by atoms with E-state index in [1.165, 1.54) is 11.3 Å². The zero-order chi connectivity index (χ0) is 11.7. The van der Waals surface area contributed by atoms with Crippen LogP contribution in [-0.4, -0.2) is 35.1 Å². The molecule has 0 aromatic carbocycles. The number of halogens is 1. The maximum Gasteiger partial charge on any atom is 0.265 e. The van der Waals surface area contributed by atoms with Gasteiger partial charge in [0.25, 0.3) is 5.91 Å². The summed E-state index contributed by atoms with van der Waals surface area (Å²) < 4.78 is 0. The summed E-state index contributed by atoms with van der Waals surface area (Å²) in [4.78, 5) is 14.5. The lowest BCUT2D eigenvalue weighted by molar-refractivity contribution is 0.0682. The van der Waals surface area contributed by atoms with Crippen molar-refractivity contribution in [1.29, 1.82) is 0 Å². The van der Waals surface area contributed by atoms with Gasteiger partial charge in [0.15, 0.2) is 0 Å². The minimum absolute atomic E-state index is 0.0354. The van der Waals surface area contributed by atoms with Crippen molar-refractivity contribution in [2.24, 2.45) is 0 Å². The van der Waals surface area contributed by atoms with E-state index in [1.54, 1.807) is 4.90 Å². The maximum absolute atomic E-state index is 12.2. The van der Waals surface area contributed by atoms with Crippen molar-refractivity contribution < 1.29 is 9.90 Å². The molecule has 1 aliphatic heterocycles. The number of hydrogen-bond acceptors (Lipinski definition) is 3. The van der Waals surface area contributed by atoms with Crippen LogP contribution < -0.4 is 0 Å². The molecule has 0 spiro atoms. The first-order valence-electron chi connectivity index (χ1n) is 5.30. The van der Waals surface area contributed by atoms with Crippen molar-refractivity contribution in [2.75, 3.05) is 13.2 Å². The zero-order valence-electron chi connectivity index (χ0n) is 9.07. The van der Waals surface area contributed by atoms with Gasteiger partial charge in [-0.25, -0.2) is 0 Å². The van der Waals surface area contributed by atoms with E-state index >= 15 is 0 Å². The van der Waals surface area contributed by atoms with Gasteiger partial charge >= 0.3 is 0 Å². The van der Waals surface area contributed by atoms with Crippen molar-refractivity contribution in [3.63, 3.8) is 0 Å². The average molecular weight is 260 g/mol. The molecule has 3 nitrogen and oxygen atoms in total. The molecular formula is C11H14ClNO2S. The first kappa shape index (κ1) is 11.9. The molecule has 1 amide bonds. The minimum atomic E-state index is -0.0420. The molecule has 0 bridgehead atoms. The lowest BCUT2D eigenvalue weighted by Crippen LogP contribution is -2.37. The number of hydrogen-bond donors (Lipinski definition) is 1. The summed E-state index contributed by atoms with van der Waals surface area (Å²) >= 11 is 7.45. The SMILES string of the molecule is Cc1csc(C(=O)N2CCCC2CO)c1Cl. The van der Waals surface area contributed by atoms with Crippen molar-refractivity contribution in [1.82, 2.24) is 4.90 Å². The lowest BCUT2D eigenvalue weighted by atomic mass is 10.2. The van der Waals surface area contributed by atoms with E-state index in [4.69, 9.17) is 11.6 Å². The monoisotopic (exact) mass is 259 g/mol. The molecule has 16 heavy (non-hydrogen) atoms. The molecule has 1 aromatic rings. The van der Waals surface area contributed by atoms with Crippen LogP contribution in [0.1, 0.15) is 28.1 Å². The highest BCUT2D eigenvalue weighted by atomic mass is 35.5. The molecule has 0 aliphatic carbocycles. The summed E-state index contributed by atoms with van der Waals surface area (Å²) in [5.74, 6) is -0.0420. The van der Waals surface area contributed by atoms with E-state index in [0.717, 1.165) is 24.9 Å².